The van der Waals surface area contributed by atoms with E-state index in [-0.39, 0.29) is 5.91 Å². The van der Waals surface area contributed by atoms with E-state index in [1.807, 2.05) is 61.5 Å². The van der Waals surface area contributed by atoms with Crippen LogP contribution in [0.2, 0.25) is 0 Å². The lowest BCUT2D eigenvalue weighted by Crippen LogP contribution is -2.31. The normalized spacial score (nSPS) is 11.2. The molecule has 0 aliphatic heterocycles. The van der Waals surface area contributed by atoms with E-state index in [1.165, 1.54) is 11.3 Å². The van der Waals surface area contributed by atoms with Gasteiger partial charge in [-0.3, -0.25) is 14.7 Å². The van der Waals surface area contributed by atoms with E-state index < -0.39 is 0 Å². The number of benzene rings is 3. The maximum atomic E-state index is 13.6. The summed E-state index contributed by atoms with van der Waals surface area (Å²) in [4.78, 5) is 29.2. The van der Waals surface area contributed by atoms with Crippen LogP contribution < -0.4 is 4.90 Å². The molecule has 1 amide bonds. The lowest BCUT2D eigenvalue weighted by molar-refractivity contribution is 0.0980. The smallest absolute Gasteiger partial charge is 0.278 e. The average Bonchev–Trinajstić information content (AvgIpc) is 3.26. The number of anilines is 1. The molecular formula is C25H20N4OS. The number of fused-ring (bicyclic) bond motifs is 2. The van der Waals surface area contributed by atoms with Gasteiger partial charge in [0.15, 0.2) is 5.13 Å². The van der Waals surface area contributed by atoms with Crippen molar-refractivity contribution >= 4 is 43.6 Å². The molecule has 2 aromatic heterocycles. The summed E-state index contributed by atoms with van der Waals surface area (Å²) >= 11 is 1.54. The second-order valence-electron chi connectivity index (χ2n) is 7.49. The van der Waals surface area contributed by atoms with Crippen LogP contribution in [0, 0.1) is 13.8 Å². The number of carbonyl (C=O) groups excluding carboxylic acids is 1. The maximum Gasteiger partial charge on any atom is 0.280 e. The third kappa shape index (κ3) is 3.66. The zero-order valence-electron chi connectivity index (χ0n) is 17.2. The van der Waals surface area contributed by atoms with Gasteiger partial charge in [0.1, 0.15) is 5.69 Å². The Kier molecular flexibility index (Phi) is 4.92. The van der Waals surface area contributed by atoms with E-state index >= 15 is 0 Å². The number of hydrogen-bond acceptors (Lipinski definition) is 5. The Bertz CT molecular complexity index is 1370. The van der Waals surface area contributed by atoms with Crippen LogP contribution >= 0.6 is 11.3 Å². The van der Waals surface area contributed by atoms with Crippen LogP contribution in [0.25, 0.3) is 21.3 Å². The molecule has 0 unspecified atom stereocenters. The summed E-state index contributed by atoms with van der Waals surface area (Å²) in [6, 6.07) is 21.7. The van der Waals surface area contributed by atoms with Gasteiger partial charge >= 0.3 is 0 Å². The van der Waals surface area contributed by atoms with E-state index in [4.69, 9.17) is 4.98 Å². The van der Waals surface area contributed by atoms with Gasteiger partial charge in [-0.05, 0) is 42.7 Å². The van der Waals surface area contributed by atoms with Gasteiger partial charge in [0.05, 0.1) is 34.0 Å². The quantitative estimate of drug-likeness (QED) is 0.371. The van der Waals surface area contributed by atoms with Crippen molar-refractivity contribution in [2.24, 2.45) is 0 Å². The highest BCUT2D eigenvalue weighted by Crippen LogP contribution is 2.34. The molecular weight excluding hydrogens is 404 g/mol. The van der Waals surface area contributed by atoms with Gasteiger partial charge in [-0.2, -0.15) is 0 Å². The van der Waals surface area contributed by atoms with Crippen molar-refractivity contribution in [2.75, 3.05) is 4.90 Å². The molecule has 0 N–H and O–H groups in total. The van der Waals surface area contributed by atoms with Gasteiger partial charge in [0.25, 0.3) is 5.91 Å². The van der Waals surface area contributed by atoms with Gasteiger partial charge < -0.3 is 0 Å². The van der Waals surface area contributed by atoms with Crippen LogP contribution in [0.3, 0.4) is 0 Å². The zero-order valence-corrected chi connectivity index (χ0v) is 18.1. The largest absolute Gasteiger partial charge is 0.280 e. The summed E-state index contributed by atoms with van der Waals surface area (Å²) < 4.78 is 1.10. The first-order valence-electron chi connectivity index (χ1n) is 10.0. The van der Waals surface area contributed by atoms with E-state index in [9.17, 15) is 4.79 Å². The minimum absolute atomic E-state index is 0.212. The molecule has 0 aliphatic rings. The number of carbonyl (C=O) groups is 1. The van der Waals surface area contributed by atoms with Crippen molar-refractivity contribution in [1.29, 1.82) is 0 Å². The number of amides is 1. The maximum absolute atomic E-state index is 13.6. The minimum atomic E-state index is -0.212. The highest BCUT2D eigenvalue weighted by atomic mass is 32.1. The summed E-state index contributed by atoms with van der Waals surface area (Å²) in [5, 5.41) is 0.663. The van der Waals surface area contributed by atoms with Crippen LogP contribution in [0.15, 0.2) is 72.9 Å². The Morgan fingerprint density at radius 3 is 2.35 bits per heavy atom. The van der Waals surface area contributed by atoms with Crippen LogP contribution in [0.4, 0.5) is 5.13 Å². The molecule has 5 rings (SSSR count). The van der Waals surface area contributed by atoms with Crippen LogP contribution in [-0.4, -0.2) is 20.9 Å². The second-order valence-corrected chi connectivity index (χ2v) is 8.47. The van der Waals surface area contributed by atoms with Gasteiger partial charge in [0.2, 0.25) is 0 Å². The molecule has 2 heterocycles. The topological polar surface area (TPSA) is 59.0 Å². The molecule has 5 aromatic rings. The van der Waals surface area contributed by atoms with E-state index in [2.05, 4.69) is 29.0 Å². The van der Waals surface area contributed by atoms with Crippen LogP contribution in [0.1, 0.15) is 27.2 Å². The molecule has 5 nitrogen and oxygen atoms in total. The fourth-order valence-electron chi connectivity index (χ4n) is 3.55. The Morgan fingerprint density at radius 2 is 1.58 bits per heavy atom. The Hall–Kier alpha value is -3.64. The Labute approximate surface area is 184 Å². The first-order chi connectivity index (χ1) is 15.1. The third-order valence-electron chi connectivity index (χ3n) is 5.26. The number of para-hydroxylation sites is 2. The highest BCUT2D eigenvalue weighted by Gasteiger charge is 2.24. The van der Waals surface area contributed by atoms with E-state index in [0.717, 1.165) is 32.4 Å². The number of nitrogens with zero attached hydrogens (tertiary/aromatic N) is 4. The summed E-state index contributed by atoms with van der Waals surface area (Å²) in [5.74, 6) is -0.212. The highest BCUT2D eigenvalue weighted by molar-refractivity contribution is 7.22. The Balaban J connectivity index is 1.62. The van der Waals surface area contributed by atoms with Crippen molar-refractivity contribution in [3.8, 4) is 0 Å². The second kappa shape index (κ2) is 7.89. The van der Waals surface area contributed by atoms with Gasteiger partial charge in [-0.1, -0.05) is 65.9 Å². The number of aryl methyl sites for hydroxylation is 2. The van der Waals surface area contributed by atoms with Crippen molar-refractivity contribution < 1.29 is 4.79 Å². The minimum Gasteiger partial charge on any atom is -0.278 e. The number of aromatic nitrogens is 3. The summed E-state index contributed by atoms with van der Waals surface area (Å²) in [6.07, 6.45) is 1.55. The summed E-state index contributed by atoms with van der Waals surface area (Å²) in [6.45, 7) is 4.53. The molecule has 6 heteroatoms. The first kappa shape index (κ1) is 19.3. The molecule has 0 bridgehead atoms. The van der Waals surface area contributed by atoms with Gasteiger partial charge in [-0.15, -0.1) is 0 Å². The van der Waals surface area contributed by atoms with Crippen molar-refractivity contribution in [1.82, 2.24) is 15.0 Å². The molecule has 31 heavy (non-hydrogen) atoms. The average molecular weight is 425 g/mol. The molecule has 0 radical (unpaired) electrons. The molecule has 0 atom stereocenters. The monoisotopic (exact) mass is 424 g/mol. The molecule has 152 valence electrons. The fourth-order valence-corrected chi connectivity index (χ4v) is 4.66. The SMILES string of the molecule is Cc1ccc(C)c2sc(N(Cc3ccccc3)C(=O)c3cnc4ccccc4n3)nc12. The van der Waals surface area contributed by atoms with Crippen molar-refractivity contribution in [2.45, 2.75) is 20.4 Å². The standard InChI is InChI=1S/C25H20N4OS/c1-16-12-13-17(2)23-22(16)28-25(31-23)29(15-18-8-4-3-5-9-18)24(30)21-14-26-19-10-6-7-11-20(19)27-21/h3-14H,15H2,1-2H3. The van der Waals surface area contributed by atoms with E-state index in [1.54, 1.807) is 11.1 Å². The Morgan fingerprint density at radius 1 is 0.871 bits per heavy atom. The zero-order chi connectivity index (χ0) is 21.4. The fraction of sp³-hybridized carbons (Fsp3) is 0.120. The molecule has 0 saturated carbocycles. The van der Waals surface area contributed by atoms with Crippen LogP contribution in [-0.2, 0) is 6.54 Å². The lowest BCUT2D eigenvalue weighted by Gasteiger charge is -2.19. The number of rotatable bonds is 4. The molecule has 0 fully saturated rings. The van der Waals surface area contributed by atoms with Crippen molar-refractivity contribution in [3.05, 3.63) is 95.3 Å². The summed E-state index contributed by atoms with van der Waals surface area (Å²) in [5.41, 5.74) is 5.99. The molecule has 3 aromatic carbocycles. The molecule has 0 saturated heterocycles. The van der Waals surface area contributed by atoms with Gasteiger partial charge in [0, 0.05) is 0 Å². The predicted molar refractivity (Wildman–Crippen MR) is 126 cm³/mol. The van der Waals surface area contributed by atoms with Crippen molar-refractivity contribution in [3.63, 3.8) is 0 Å². The van der Waals surface area contributed by atoms with E-state index in [0.29, 0.717) is 22.9 Å². The predicted octanol–water partition coefficient (Wildman–Crippen LogP) is 5.70. The first-order valence-corrected chi connectivity index (χ1v) is 10.9. The summed E-state index contributed by atoms with van der Waals surface area (Å²) in [7, 11) is 0. The van der Waals surface area contributed by atoms with Gasteiger partial charge in [-0.25, -0.2) is 9.97 Å². The molecule has 0 spiro atoms. The molecule has 0 aliphatic carbocycles. The third-order valence-corrected chi connectivity index (χ3v) is 6.47. The lowest BCUT2D eigenvalue weighted by atomic mass is 10.1. The number of thiazole rings is 1. The van der Waals surface area contributed by atoms with Crippen LogP contribution in [0.5, 0.6) is 0 Å². The number of hydrogen-bond donors (Lipinski definition) is 0.